The molecule has 0 aliphatic heterocycles. The zero-order valence-corrected chi connectivity index (χ0v) is 12.6. The van der Waals surface area contributed by atoms with Crippen molar-refractivity contribution in [3.8, 4) is 17.2 Å². The molecule has 1 aromatic carbocycles. The highest BCUT2D eigenvalue weighted by molar-refractivity contribution is 5.95. The molecule has 0 radical (unpaired) electrons. The summed E-state index contributed by atoms with van der Waals surface area (Å²) in [6, 6.07) is 3.30. The van der Waals surface area contributed by atoms with Gasteiger partial charge in [-0.05, 0) is 19.2 Å². The Kier molecular flexibility index (Phi) is 6.11. The Hall–Kier alpha value is -1.95. The fourth-order valence-corrected chi connectivity index (χ4v) is 1.81. The minimum Gasteiger partial charge on any atom is -0.493 e. The first kappa shape index (κ1) is 16.1. The van der Waals surface area contributed by atoms with Gasteiger partial charge in [-0.2, -0.15) is 0 Å². The van der Waals surface area contributed by atoms with E-state index in [9.17, 15) is 4.79 Å². The number of hydrogen-bond acceptors (Lipinski definition) is 5. The van der Waals surface area contributed by atoms with Gasteiger partial charge in [-0.3, -0.25) is 4.79 Å². The van der Waals surface area contributed by atoms with E-state index < -0.39 is 0 Å². The second-order valence-corrected chi connectivity index (χ2v) is 4.24. The second-order valence-electron chi connectivity index (χ2n) is 4.24. The van der Waals surface area contributed by atoms with Crippen molar-refractivity contribution in [1.82, 2.24) is 10.2 Å². The number of carbonyl (C=O) groups excluding carboxylic acids is 1. The third-order valence-electron chi connectivity index (χ3n) is 2.96. The van der Waals surface area contributed by atoms with Gasteiger partial charge < -0.3 is 24.4 Å². The number of likely N-dealkylation sites (N-methyl/N-ethyl adjacent to an activating group) is 2. The highest BCUT2D eigenvalue weighted by Crippen LogP contribution is 2.38. The molecule has 0 saturated carbocycles. The molecule has 0 unspecified atom stereocenters. The van der Waals surface area contributed by atoms with Crippen LogP contribution in [-0.2, 0) is 0 Å². The number of nitrogens with zero attached hydrogens (tertiary/aromatic N) is 1. The third kappa shape index (κ3) is 3.54. The maximum atomic E-state index is 12.3. The molecular weight excluding hydrogens is 260 g/mol. The first-order valence-electron chi connectivity index (χ1n) is 6.29. The molecule has 0 heterocycles. The number of ether oxygens (including phenoxy) is 3. The lowest BCUT2D eigenvalue weighted by Crippen LogP contribution is -2.32. The molecule has 1 N–H and O–H groups in total. The molecule has 20 heavy (non-hydrogen) atoms. The van der Waals surface area contributed by atoms with Crippen LogP contribution in [-0.4, -0.2) is 59.3 Å². The molecule has 112 valence electrons. The second kappa shape index (κ2) is 7.59. The predicted octanol–water partition coefficient (Wildman–Crippen LogP) is 1.00. The molecule has 6 nitrogen and oxygen atoms in total. The van der Waals surface area contributed by atoms with Crippen molar-refractivity contribution < 1.29 is 19.0 Å². The van der Waals surface area contributed by atoms with Crippen LogP contribution in [0.15, 0.2) is 12.1 Å². The minimum atomic E-state index is -0.0977. The Labute approximate surface area is 119 Å². The van der Waals surface area contributed by atoms with E-state index >= 15 is 0 Å². The topological polar surface area (TPSA) is 60.0 Å². The van der Waals surface area contributed by atoms with E-state index in [2.05, 4.69) is 5.32 Å². The van der Waals surface area contributed by atoms with Gasteiger partial charge in [-0.15, -0.1) is 0 Å². The smallest absolute Gasteiger partial charge is 0.253 e. The lowest BCUT2D eigenvalue weighted by atomic mass is 10.1. The standard InChI is InChI=1S/C14H22N2O4/c1-15-6-7-16(2)14(17)10-8-11(18-3)13(20-5)12(9-10)19-4/h8-9,15H,6-7H2,1-5H3. The van der Waals surface area contributed by atoms with E-state index in [0.717, 1.165) is 6.54 Å². The summed E-state index contributed by atoms with van der Waals surface area (Å²) < 4.78 is 15.7. The van der Waals surface area contributed by atoms with Gasteiger partial charge in [-0.1, -0.05) is 0 Å². The Morgan fingerprint density at radius 3 is 2.10 bits per heavy atom. The number of amides is 1. The number of rotatable bonds is 7. The SMILES string of the molecule is CNCCN(C)C(=O)c1cc(OC)c(OC)c(OC)c1. The molecule has 6 heteroatoms. The fourth-order valence-electron chi connectivity index (χ4n) is 1.81. The number of hydrogen-bond donors (Lipinski definition) is 1. The lowest BCUT2D eigenvalue weighted by molar-refractivity contribution is 0.0796. The zero-order valence-electron chi connectivity index (χ0n) is 12.6. The van der Waals surface area contributed by atoms with E-state index in [4.69, 9.17) is 14.2 Å². The molecular formula is C14H22N2O4. The molecule has 1 rings (SSSR count). The van der Waals surface area contributed by atoms with Crippen LogP contribution in [0.3, 0.4) is 0 Å². The van der Waals surface area contributed by atoms with Gasteiger partial charge in [-0.25, -0.2) is 0 Å². The largest absolute Gasteiger partial charge is 0.493 e. The van der Waals surface area contributed by atoms with Crippen molar-refractivity contribution in [2.75, 3.05) is 48.5 Å². The van der Waals surface area contributed by atoms with Crippen molar-refractivity contribution in [3.05, 3.63) is 17.7 Å². The summed E-state index contributed by atoms with van der Waals surface area (Å²) >= 11 is 0. The summed E-state index contributed by atoms with van der Waals surface area (Å²) in [7, 11) is 8.17. The van der Waals surface area contributed by atoms with Gasteiger partial charge in [0.05, 0.1) is 21.3 Å². The van der Waals surface area contributed by atoms with Crippen LogP contribution in [0.1, 0.15) is 10.4 Å². The molecule has 1 amide bonds. The lowest BCUT2D eigenvalue weighted by Gasteiger charge is -2.19. The minimum absolute atomic E-state index is 0.0977. The summed E-state index contributed by atoms with van der Waals surface area (Å²) in [5.74, 6) is 1.32. The van der Waals surface area contributed by atoms with E-state index in [-0.39, 0.29) is 5.91 Å². The molecule has 1 aromatic rings. The van der Waals surface area contributed by atoms with Crippen molar-refractivity contribution in [3.63, 3.8) is 0 Å². The molecule has 0 bridgehead atoms. The molecule has 0 aromatic heterocycles. The summed E-state index contributed by atoms with van der Waals surface area (Å²) in [5, 5.41) is 3.01. The zero-order chi connectivity index (χ0) is 15.1. The quantitative estimate of drug-likeness (QED) is 0.808. The van der Waals surface area contributed by atoms with Gasteiger partial charge in [0.1, 0.15) is 0 Å². The van der Waals surface area contributed by atoms with Crippen LogP contribution >= 0.6 is 0 Å². The summed E-state index contributed by atoms with van der Waals surface area (Å²) in [6.45, 7) is 1.35. The van der Waals surface area contributed by atoms with Crippen LogP contribution in [0.2, 0.25) is 0 Å². The van der Waals surface area contributed by atoms with E-state index in [1.54, 1.807) is 24.1 Å². The van der Waals surface area contributed by atoms with Gasteiger partial charge >= 0.3 is 0 Å². The van der Waals surface area contributed by atoms with Crippen molar-refractivity contribution >= 4 is 5.91 Å². The summed E-state index contributed by atoms with van der Waals surface area (Å²) in [4.78, 5) is 14.0. The summed E-state index contributed by atoms with van der Waals surface area (Å²) in [5.41, 5.74) is 0.498. The highest BCUT2D eigenvalue weighted by atomic mass is 16.5. The van der Waals surface area contributed by atoms with Crippen molar-refractivity contribution in [2.45, 2.75) is 0 Å². The normalized spacial score (nSPS) is 10.1. The van der Waals surface area contributed by atoms with E-state index in [0.29, 0.717) is 29.4 Å². The van der Waals surface area contributed by atoms with Gasteiger partial charge in [0.2, 0.25) is 5.75 Å². The average Bonchev–Trinajstić information content (AvgIpc) is 2.49. The van der Waals surface area contributed by atoms with Crippen molar-refractivity contribution in [2.24, 2.45) is 0 Å². The van der Waals surface area contributed by atoms with Crippen LogP contribution in [0.5, 0.6) is 17.2 Å². The Morgan fingerprint density at radius 1 is 1.15 bits per heavy atom. The van der Waals surface area contributed by atoms with Crippen LogP contribution in [0.25, 0.3) is 0 Å². The van der Waals surface area contributed by atoms with E-state index in [1.165, 1.54) is 21.3 Å². The van der Waals surface area contributed by atoms with Crippen molar-refractivity contribution in [1.29, 1.82) is 0 Å². The maximum Gasteiger partial charge on any atom is 0.253 e. The number of methoxy groups -OCH3 is 3. The highest BCUT2D eigenvalue weighted by Gasteiger charge is 2.18. The predicted molar refractivity (Wildman–Crippen MR) is 77.0 cm³/mol. The number of nitrogens with one attached hydrogen (secondary N) is 1. The van der Waals surface area contributed by atoms with Crippen LogP contribution in [0, 0.1) is 0 Å². The average molecular weight is 282 g/mol. The third-order valence-corrected chi connectivity index (χ3v) is 2.96. The molecule has 0 spiro atoms. The van der Waals surface area contributed by atoms with Crippen LogP contribution < -0.4 is 19.5 Å². The summed E-state index contributed by atoms with van der Waals surface area (Å²) in [6.07, 6.45) is 0. The molecule has 0 saturated heterocycles. The first-order valence-corrected chi connectivity index (χ1v) is 6.29. The number of carbonyl (C=O) groups is 1. The molecule has 0 aliphatic rings. The maximum absolute atomic E-state index is 12.3. The Balaban J connectivity index is 3.09. The Bertz CT molecular complexity index is 437. The van der Waals surface area contributed by atoms with Gasteiger partial charge in [0.15, 0.2) is 11.5 Å². The van der Waals surface area contributed by atoms with Gasteiger partial charge in [0.25, 0.3) is 5.91 Å². The monoisotopic (exact) mass is 282 g/mol. The van der Waals surface area contributed by atoms with Crippen LogP contribution in [0.4, 0.5) is 0 Å². The van der Waals surface area contributed by atoms with Gasteiger partial charge in [0, 0.05) is 25.7 Å². The fraction of sp³-hybridized carbons (Fsp3) is 0.500. The van der Waals surface area contributed by atoms with E-state index in [1.807, 2.05) is 7.05 Å². The first-order chi connectivity index (χ1) is 9.58. The molecule has 0 atom stereocenters. The molecule has 0 aliphatic carbocycles. The number of benzene rings is 1. The Morgan fingerprint density at radius 2 is 1.70 bits per heavy atom. The molecule has 0 fully saturated rings.